The maximum Gasteiger partial charge on any atom is 0.187 e. The van der Waals surface area contributed by atoms with Crippen LogP contribution in [-0.4, -0.2) is 182 Å². The summed E-state index contributed by atoms with van der Waals surface area (Å²) in [5.41, 5.74) is 0. The highest BCUT2D eigenvalue weighted by Crippen LogP contribution is 2.44. The van der Waals surface area contributed by atoms with Crippen molar-refractivity contribution in [3.8, 4) is 0 Å². The van der Waals surface area contributed by atoms with Crippen LogP contribution in [0.15, 0.2) is 0 Å². The Labute approximate surface area is 261 Å². The SMILES string of the molecule is COC1CC(C2[OH+]C3CC(O)CC(O[C@H]4O[C@H](CO)[C@@H](O)[C@H](O)[C@H]4O)C3CC2O[C@H]2O[C@@H](C)[C@H](O)[C@@H](O)[C@@H]2O)CC(OC)C1O. The van der Waals surface area contributed by atoms with Crippen LogP contribution >= 0.6 is 0 Å². The summed E-state index contributed by atoms with van der Waals surface area (Å²) in [7, 11) is 3.01. The first-order chi connectivity index (χ1) is 21.4. The average molecular weight is 656 g/mol. The van der Waals surface area contributed by atoms with Crippen LogP contribution in [0.4, 0.5) is 0 Å². The molecule has 5 rings (SSSR count). The zero-order valence-corrected chi connectivity index (χ0v) is 25.7. The molecule has 8 unspecified atom stereocenters. The summed E-state index contributed by atoms with van der Waals surface area (Å²) in [4.78, 5) is 0. The van der Waals surface area contributed by atoms with Crippen LogP contribution < -0.4 is 0 Å². The molecule has 3 heterocycles. The molecule has 16 heteroatoms. The predicted octanol–water partition coefficient (Wildman–Crippen LogP) is -4.38. The van der Waals surface area contributed by atoms with Gasteiger partial charge in [-0.25, -0.2) is 0 Å². The molecule has 0 aromatic carbocycles. The number of hydrogen-bond acceptors (Lipinski definition) is 15. The molecule has 0 spiro atoms. The van der Waals surface area contributed by atoms with E-state index in [1.165, 1.54) is 14.2 Å². The minimum Gasteiger partial charge on any atom is -0.427 e. The van der Waals surface area contributed by atoms with Crippen LogP contribution in [0.25, 0.3) is 0 Å². The van der Waals surface area contributed by atoms with Crippen LogP contribution in [0, 0.1) is 11.8 Å². The highest BCUT2D eigenvalue weighted by molar-refractivity contribution is 5.01. The van der Waals surface area contributed by atoms with Gasteiger partial charge in [0.05, 0.1) is 43.0 Å². The molecule has 3 saturated heterocycles. The van der Waals surface area contributed by atoms with Crippen molar-refractivity contribution < 1.29 is 79.1 Å². The van der Waals surface area contributed by atoms with Gasteiger partial charge in [0.2, 0.25) is 0 Å². The first kappa shape index (κ1) is 35.7. The van der Waals surface area contributed by atoms with E-state index in [2.05, 4.69) is 0 Å². The van der Waals surface area contributed by atoms with E-state index in [0.717, 1.165) is 0 Å². The molecule has 0 aromatic rings. The molecule has 0 amide bonds. The Morgan fingerprint density at radius 1 is 0.622 bits per heavy atom. The van der Waals surface area contributed by atoms with Gasteiger partial charge in [0.25, 0.3) is 0 Å². The van der Waals surface area contributed by atoms with Gasteiger partial charge in [-0.1, -0.05) is 0 Å². The maximum absolute atomic E-state index is 10.9. The largest absolute Gasteiger partial charge is 0.427 e. The minimum absolute atomic E-state index is 0.140. The lowest BCUT2D eigenvalue weighted by atomic mass is 9.72. The smallest absolute Gasteiger partial charge is 0.187 e. The number of hydrogen-bond donors (Lipinski definition) is 9. The van der Waals surface area contributed by atoms with E-state index in [0.29, 0.717) is 19.3 Å². The Morgan fingerprint density at radius 3 is 1.80 bits per heavy atom. The number of fused-ring (bicyclic) bond motifs is 1. The predicted molar refractivity (Wildman–Crippen MR) is 149 cm³/mol. The van der Waals surface area contributed by atoms with Gasteiger partial charge in [0.15, 0.2) is 24.8 Å². The Hall–Kier alpha value is -0.640. The van der Waals surface area contributed by atoms with Crippen molar-refractivity contribution in [2.24, 2.45) is 11.8 Å². The molecule has 0 radical (unpaired) electrons. The van der Waals surface area contributed by atoms with Gasteiger partial charge >= 0.3 is 0 Å². The second-order valence-electron chi connectivity index (χ2n) is 13.2. The van der Waals surface area contributed by atoms with Gasteiger partial charge in [-0.15, -0.1) is 0 Å². The first-order valence-corrected chi connectivity index (χ1v) is 15.8. The lowest BCUT2D eigenvalue weighted by molar-refractivity contribution is -0.366. The standard InChI is InChI=1S/C29H50O16/c1-10-20(32)23(35)25(37)28(41-10)44-18-8-13-14(42-27(18)11-4-16(39-2)21(33)17(5-11)40-3)6-12(31)7-15(13)43-29-26(38)24(36)22(34)19(9-30)45-29/h10-38H,4-9H2,1-3H3/p+1/t10-,11?,12?,13?,14?,15?,16?,17?,18?,19+,20-,21?,22+,23+,24-,25-,26+,27?,28+,29-/m0/s1. The summed E-state index contributed by atoms with van der Waals surface area (Å²) in [6, 6.07) is 0. The minimum atomic E-state index is -1.64. The first-order valence-electron chi connectivity index (χ1n) is 15.8. The Kier molecular flexibility index (Phi) is 11.8. The molecule has 2 aliphatic carbocycles. The summed E-state index contributed by atoms with van der Waals surface area (Å²) in [6.45, 7) is 0.928. The van der Waals surface area contributed by atoms with Crippen LogP contribution in [-0.2, 0) is 28.4 Å². The van der Waals surface area contributed by atoms with E-state index in [1.807, 2.05) is 0 Å². The number of methoxy groups -OCH3 is 2. The molecule has 3 aliphatic heterocycles. The van der Waals surface area contributed by atoms with Crippen molar-refractivity contribution in [2.45, 2.75) is 149 Å². The fourth-order valence-electron chi connectivity index (χ4n) is 7.77. The maximum atomic E-state index is 10.9. The van der Waals surface area contributed by atoms with Gasteiger partial charge in [0.1, 0.15) is 54.9 Å². The second kappa shape index (κ2) is 14.9. The third kappa shape index (κ3) is 7.22. The van der Waals surface area contributed by atoms with Crippen LogP contribution in [0.2, 0.25) is 0 Å². The van der Waals surface area contributed by atoms with Crippen LogP contribution in [0.3, 0.4) is 0 Å². The van der Waals surface area contributed by atoms with Gasteiger partial charge in [-0.2, -0.15) is 0 Å². The number of rotatable bonds is 8. The molecule has 45 heavy (non-hydrogen) atoms. The summed E-state index contributed by atoms with van der Waals surface area (Å²) in [6.07, 6.45) is -17.6. The molecule has 0 aromatic heterocycles. The third-order valence-electron chi connectivity index (χ3n) is 10.4. The topological polar surface area (TPSA) is 250 Å². The van der Waals surface area contributed by atoms with E-state index >= 15 is 0 Å². The quantitative estimate of drug-likeness (QED) is 0.112. The molecule has 16 nitrogen and oxygen atoms in total. The summed E-state index contributed by atoms with van der Waals surface area (Å²) in [5, 5.41) is 93.8. The molecule has 10 N–H and O–H groups in total. The van der Waals surface area contributed by atoms with E-state index in [-0.39, 0.29) is 18.8 Å². The lowest BCUT2D eigenvalue weighted by Gasteiger charge is -2.50. The van der Waals surface area contributed by atoms with Gasteiger partial charge in [-0.05, 0) is 26.2 Å². The highest BCUT2D eigenvalue weighted by Gasteiger charge is 2.57. The Bertz CT molecular complexity index is 930. The highest BCUT2D eigenvalue weighted by atomic mass is 16.7. The number of aliphatic hydroxyl groups excluding tert-OH is 9. The van der Waals surface area contributed by atoms with Crippen LogP contribution in [0.1, 0.15) is 39.0 Å². The monoisotopic (exact) mass is 655 g/mol. The summed E-state index contributed by atoms with van der Waals surface area (Å²) < 4.78 is 40.2. The molecule has 2 saturated carbocycles. The molecule has 262 valence electrons. The van der Waals surface area contributed by atoms with Gasteiger partial charge < -0.3 is 79.1 Å². The van der Waals surface area contributed by atoms with Crippen molar-refractivity contribution >= 4 is 0 Å². The average Bonchev–Trinajstić information content (AvgIpc) is 3.02. The van der Waals surface area contributed by atoms with Gasteiger partial charge in [-0.3, -0.25) is 0 Å². The van der Waals surface area contributed by atoms with E-state index in [1.54, 1.807) is 6.92 Å². The summed E-state index contributed by atoms with van der Waals surface area (Å²) in [5.74, 6) is -0.617. The molecule has 5 fully saturated rings. The fraction of sp³-hybridized carbons (Fsp3) is 1.00. The van der Waals surface area contributed by atoms with Crippen molar-refractivity contribution in [2.75, 3.05) is 20.8 Å². The van der Waals surface area contributed by atoms with Crippen molar-refractivity contribution in [1.82, 2.24) is 0 Å². The molecule has 5 aliphatic rings. The van der Waals surface area contributed by atoms with E-state index < -0.39 is 123 Å². The Balaban J connectivity index is 1.40. The fourth-order valence-corrected chi connectivity index (χ4v) is 7.77. The second-order valence-corrected chi connectivity index (χ2v) is 13.2. The zero-order valence-electron chi connectivity index (χ0n) is 25.7. The number of aliphatic hydroxyl groups is 11. The summed E-state index contributed by atoms with van der Waals surface area (Å²) >= 11 is 0. The normalized spacial score (nSPS) is 54.4. The van der Waals surface area contributed by atoms with E-state index in [4.69, 9.17) is 33.2 Å². The molecular formula is C29H51O16+. The molecule has 18 atom stereocenters. The molecular weight excluding hydrogens is 604 g/mol. The third-order valence-corrected chi connectivity index (χ3v) is 10.4. The zero-order chi connectivity index (χ0) is 32.7. The van der Waals surface area contributed by atoms with Crippen molar-refractivity contribution in [1.29, 1.82) is 0 Å². The number of ether oxygens (including phenoxy) is 7. The van der Waals surface area contributed by atoms with Crippen molar-refractivity contribution in [3.05, 3.63) is 0 Å². The van der Waals surface area contributed by atoms with E-state index in [9.17, 15) is 46.0 Å². The Morgan fingerprint density at radius 2 is 1.20 bits per heavy atom. The lowest BCUT2D eigenvalue weighted by Crippen LogP contribution is -2.64. The van der Waals surface area contributed by atoms with Gasteiger partial charge in [0, 0.05) is 33.0 Å². The van der Waals surface area contributed by atoms with Crippen molar-refractivity contribution in [3.63, 3.8) is 0 Å². The molecule has 0 bridgehead atoms. The van der Waals surface area contributed by atoms with Crippen LogP contribution in [0.5, 0.6) is 0 Å².